The molecule has 26 heavy (non-hydrogen) atoms. The van der Waals surface area contributed by atoms with Gasteiger partial charge in [0.05, 0.1) is 21.3 Å². The predicted molar refractivity (Wildman–Crippen MR) is 103 cm³/mol. The summed E-state index contributed by atoms with van der Waals surface area (Å²) >= 11 is 0. The molecule has 132 valence electrons. The van der Waals surface area contributed by atoms with Gasteiger partial charge in [-0.05, 0) is 40.6 Å². The van der Waals surface area contributed by atoms with Gasteiger partial charge in [-0.1, -0.05) is 42.5 Å². The van der Waals surface area contributed by atoms with Crippen molar-refractivity contribution in [3.8, 4) is 17.2 Å². The van der Waals surface area contributed by atoms with E-state index in [2.05, 4.69) is 0 Å². The Hall–Kier alpha value is -3.27. The highest BCUT2D eigenvalue weighted by Crippen LogP contribution is 2.38. The Morgan fingerprint density at radius 2 is 1.46 bits per heavy atom. The molecule has 3 rings (SSSR count). The Balaban J connectivity index is 1.89. The van der Waals surface area contributed by atoms with Crippen molar-refractivity contribution in [1.29, 1.82) is 0 Å². The third-order valence-electron chi connectivity index (χ3n) is 4.15. The lowest BCUT2D eigenvalue weighted by atomic mass is 10.0. The van der Waals surface area contributed by atoms with E-state index < -0.39 is 0 Å². The van der Waals surface area contributed by atoms with Crippen LogP contribution in [0.1, 0.15) is 15.9 Å². The fraction of sp³-hybridized carbons (Fsp3) is 0.136. The van der Waals surface area contributed by atoms with Crippen LogP contribution in [0, 0.1) is 0 Å². The lowest BCUT2D eigenvalue weighted by molar-refractivity contribution is 0.104. The highest BCUT2D eigenvalue weighted by molar-refractivity contribution is 6.08. The van der Waals surface area contributed by atoms with Gasteiger partial charge in [0.15, 0.2) is 17.3 Å². The summed E-state index contributed by atoms with van der Waals surface area (Å²) in [4.78, 5) is 12.5. The zero-order valence-corrected chi connectivity index (χ0v) is 15.0. The molecule has 0 atom stereocenters. The lowest BCUT2D eigenvalue weighted by Crippen LogP contribution is -1.96. The molecule has 3 aromatic rings. The second kappa shape index (κ2) is 7.74. The zero-order valence-electron chi connectivity index (χ0n) is 15.0. The van der Waals surface area contributed by atoms with Gasteiger partial charge in [-0.15, -0.1) is 0 Å². The van der Waals surface area contributed by atoms with E-state index >= 15 is 0 Å². The average Bonchev–Trinajstić information content (AvgIpc) is 2.70. The minimum Gasteiger partial charge on any atom is -0.493 e. The summed E-state index contributed by atoms with van der Waals surface area (Å²) in [5, 5.41) is 2.15. The molecule has 0 aliphatic rings. The van der Waals surface area contributed by atoms with E-state index in [0.29, 0.717) is 22.8 Å². The van der Waals surface area contributed by atoms with Crippen LogP contribution in [0.4, 0.5) is 0 Å². The molecule has 0 unspecified atom stereocenters. The number of fused-ring (bicyclic) bond motifs is 1. The maximum atomic E-state index is 12.5. The van der Waals surface area contributed by atoms with Crippen molar-refractivity contribution in [2.75, 3.05) is 21.3 Å². The van der Waals surface area contributed by atoms with Crippen LogP contribution >= 0.6 is 0 Å². The van der Waals surface area contributed by atoms with Crippen LogP contribution in [0.5, 0.6) is 17.2 Å². The minimum atomic E-state index is -0.0653. The number of benzene rings is 3. The SMILES string of the molecule is COc1cc(/C=C\C(=O)c2ccc3ccccc3c2)cc(OC)c1OC. The van der Waals surface area contributed by atoms with E-state index in [1.807, 2.05) is 42.5 Å². The summed E-state index contributed by atoms with van der Waals surface area (Å²) < 4.78 is 16.0. The van der Waals surface area contributed by atoms with Gasteiger partial charge in [0.1, 0.15) is 0 Å². The maximum Gasteiger partial charge on any atom is 0.203 e. The molecule has 0 aliphatic heterocycles. The van der Waals surface area contributed by atoms with Crippen molar-refractivity contribution < 1.29 is 19.0 Å². The molecule has 0 bridgehead atoms. The molecular weight excluding hydrogens is 328 g/mol. The molecule has 0 spiro atoms. The lowest BCUT2D eigenvalue weighted by Gasteiger charge is -2.12. The first-order chi connectivity index (χ1) is 12.7. The first-order valence-electron chi connectivity index (χ1n) is 8.17. The van der Waals surface area contributed by atoms with Gasteiger partial charge in [-0.25, -0.2) is 0 Å². The fourth-order valence-corrected chi connectivity index (χ4v) is 2.81. The summed E-state index contributed by atoms with van der Waals surface area (Å²) in [7, 11) is 4.68. The van der Waals surface area contributed by atoms with Crippen LogP contribution in [0.3, 0.4) is 0 Å². The van der Waals surface area contributed by atoms with Crippen LogP contribution in [0.15, 0.2) is 60.7 Å². The van der Waals surface area contributed by atoms with E-state index in [1.54, 1.807) is 45.6 Å². The topological polar surface area (TPSA) is 44.8 Å². The minimum absolute atomic E-state index is 0.0653. The molecule has 0 heterocycles. The zero-order chi connectivity index (χ0) is 18.5. The van der Waals surface area contributed by atoms with E-state index in [0.717, 1.165) is 16.3 Å². The molecule has 0 aliphatic carbocycles. The summed E-state index contributed by atoms with van der Waals surface area (Å²) in [5.74, 6) is 1.55. The Morgan fingerprint density at radius 1 is 0.808 bits per heavy atom. The Kier molecular flexibility index (Phi) is 5.23. The molecule has 0 amide bonds. The number of carbonyl (C=O) groups excluding carboxylic acids is 1. The van der Waals surface area contributed by atoms with E-state index in [-0.39, 0.29) is 5.78 Å². The van der Waals surface area contributed by atoms with Crippen molar-refractivity contribution in [2.24, 2.45) is 0 Å². The van der Waals surface area contributed by atoms with Gasteiger partial charge < -0.3 is 14.2 Å². The third-order valence-corrected chi connectivity index (χ3v) is 4.15. The number of hydrogen-bond acceptors (Lipinski definition) is 4. The van der Waals surface area contributed by atoms with Gasteiger partial charge in [-0.2, -0.15) is 0 Å². The monoisotopic (exact) mass is 348 g/mol. The van der Waals surface area contributed by atoms with Gasteiger partial charge in [0.25, 0.3) is 0 Å². The van der Waals surface area contributed by atoms with Crippen LogP contribution in [0.2, 0.25) is 0 Å². The van der Waals surface area contributed by atoms with Crippen LogP contribution in [0.25, 0.3) is 16.8 Å². The first kappa shape index (κ1) is 17.5. The van der Waals surface area contributed by atoms with E-state index in [4.69, 9.17) is 14.2 Å². The van der Waals surface area contributed by atoms with Gasteiger partial charge >= 0.3 is 0 Å². The van der Waals surface area contributed by atoms with Crippen molar-refractivity contribution in [2.45, 2.75) is 0 Å². The van der Waals surface area contributed by atoms with Gasteiger partial charge in [0, 0.05) is 5.56 Å². The molecule has 3 aromatic carbocycles. The molecule has 4 heteroatoms. The first-order valence-corrected chi connectivity index (χ1v) is 8.17. The number of hydrogen-bond donors (Lipinski definition) is 0. The predicted octanol–water partition coefficient (Wildman–Crippen LogP) is 4.76. The summed E-state index contributed by atoms with van der Waals surface area (Å²) in [6.07, 6.45) is 3.28. The standard InChI is InChI=1S/C22H20O4/c1-24-20-12-15(13-21(25-2)22(20)26-3)8-11-19(23)18-10-9-16-6-4-5-7-17(16)14-18/h4-14H,1-3H3/b11-8-. The summed E-state index contributed by atoms with van der Waals surface area (Å²) in [5.41, 5.74) is 1.43. The molecule has 0 radical (unpaired) electrons. The Bertz CT molecular complexity index is 948. The number of allylic oxidation sites excluding steroid dienone is 1. The van der Waals surface area contributed by atoms with E-state index in [1.165, 1.54) is 0 Å². The molecule has 0 saturated heterocycles. The highest BCUT2D eigenvalue weighted by atomic mass is 16.5. The van der Waals surface area contributed by atoms with Gasteiger partial charge in [-0.3, -0.25) is 4.79 Å². The van der Waals surface area contributed by atoms with Crippen LogP contribution in [-0.2, 0) is 0 Å². The second-order valence-electron chi connectivity index (χ2n) is 5.72. The molecule has 0 aromatic heterocycles. The van der Waals surface area contributed by atoms with Crippen molar-refractivity contribution in [3.63, 3.8) is 0 Å². The van der Waals surface area contributed by atoms with Crippen molar-refractivity contribution >= 4 is 22.6 Å². The number of ketones is 1. The number of methoxy groups -OCH3 is 3. The number of carbonyl (C=O) groups is 1. The van der Waals surface area contributed by atoms with Gasteiger partial charge in [0.2, 0.25) is 5.75 Å². The second-order valence-corrected chi connectivity index (χ2v) is 5.72. The largest absolute Gasteiger partial charge is 0.493 e. The molecule has 0 N–H and O–H groups in total. The average molecular weight is 348 g/mol. The fourth-order valence-electron chi connectivity index (χ4n) is 2.81. The maximum absolute atomic E-state index is 12.5. The molecule has 0 saturated carbocycles. The normalized spacial score (nSPS) is 10.9. The quantitative estimate of drug-likeness (QED) is 0.476. The molecule has 4 nitrogen and oxygen atoms in total. The molecular formula is C22H20O4. The third kappa shape index (κ3) is 3.54. The number of rotatable bonds is 6. The van der Waals surface area contributed by atoms with Crippen molar-refractivity contribution in [1.82, 2.24) is 0 Å². The summed E-state index contributed by atoms with van der Waals surface area (Å²) in [6.45, 7) is 0. The van der Waals surface area contributed by atoms with Crippen LogP contribution < -0.4 is 14.2 Å². The molecule has 0 fully saturated rings. The smallest absolute Gasteiger partial charge is 0.203 e. The Labute approximate surface area is 152 Å². The Morgan fingerprint density at radius 3 is 2.08 bits per heavy atom. The highest BCUT2D eigenvalue weighted by Gasteiger charge is 2.12. The number of ether oxygens (including phenoxy) is 3. The summed E-state index contributed by atoms with van der Waals surface area (Å²) in [6, 6.07) is 17.2. The van der Waals surface area contributed by atoms with E-state index in [9.17, 15) is 4.79 Å². The van der Waals surface area contributed by atoms with Crippen LogP contribution in [-0.4, -0.2) is 27.1 Å². The van der Waals surface area contributed by atoms with Crippen molar-refractivity contribution in [3.05, 3.63) is 71.8 Å².